The molecule has 0 radical (unpaired) electrons. The van der Waals surface area contributed by atoms with Crippen LogP contribution >= 0.6 is 0 Å². The molecule has 0 amide bonds. The SMILES string of the molecule is CC(=O)[O-].COC. The van der Waals surface area contributed by atoms with Gasteiger partial charge in [-0.25, -0.2) is 0 Å². The minimum atomic E-state index is -1.08. The zero-order valence-electron chi connectivity index (χ0n) is 4.72. The Labute approximate surface area is 42.9 Å². The summed E-state index contributed by atoms with van der Waals surface area (Å²) in [4.78, 5) is 8.89. The zero-order valence-corrected chi connectivity index (χ0v) is 4.72. The Bertz CT molecular complexity index is 38.2. The van der Waals surface area contributed by atoms with Crippen molar-refractivity contribution in [1.82, 2.24) is 0 Å². The molecule has 0 aromatic carbocycles. The second-order valence-corrected chi connectivity index (χ2v) is 0.900. The summed E-state index contributed by atoms with van der Waals surface area (Å²) in [6.07, 6.45) is 0. The first-order valence-electron chi connectivity index (χ1n) is 1.72. The maximum Gasteiger partial charge on any atom is 0.0383 e. The summed E-state index contributed by atoms with van der Waals surface area (Å²) in [7, 11) is 3.25. The first-order valence-corrected chi connectivity index (χ1v) is 1.72. The van der Waals surface area contributed by atoms with E-state index in [0.29, 0.717) is 0 Å². The van der Waals surface area contributed by atoms with Crippen molar-refractivity contribution in [3.63, 3.8) is 0 Å². The maximum absolute atomic E-state index is 8.89. The number of hydrogen-bond acceptors (Lipinski definition) is 3. The molecule has 0 aromatic rings. The molecule has 0 aromatic heterocycles. The molecule has 0 unspecified atom stereocenters. The number of ether oxygens (including phenoxy) is 1. The van der Waals surface area contributed by atoms with Gasteiger partial charge in [-0.2, -0.15) is 0 Å². The van der Waals surface area contributed by atoms with Gasteiger partial charge in [0.05, 0.1) is 0 Å². The van der Waals surface area contributed by atoms with Crippen molar-refractivity contribution in [2.24, 2.45) is 0 Å². The fraction of sp³-hybridized carbons (Fsp3) is 0.750. The first kappa shape index (κ1) is 9.66. The van der Waals surface area contributed by atoms with E-state index in [2.05, 4.69) is 4.74 Å². The lowest BCUT2D eigenvalue weighted by atomic mass is 10.9. The summed E-state index contributed by atoms with van der Waals surface area (Å²) in [6, 6.07) is 0. The van der Waals surface area contributed by atoms with Crippen LogP contribution in [-0.2, 0) is 9.53 Å². The van der Waals surface area contributed by atoms with Crippen LogP contribution in [0.25, 0.3) is 0 Å². The quantitative estimate of drug-likeness (QED) is 0.398. The predicted octanol–water partition coefficient (Wildman–Crippen LogP) is -0.981. The Kier molecular flexibility index (Phi) is 12.5. The third-order valence-corrected chi connectivity index (χ3v) is 0. The predicted molar refractivity (Wildman–Crippen MR) is 23.6 cm³/mol. The highest BCUT2D eigenvalue weighted by Crippen LogP contribution is 1.31. The van der Waals surface area contributed by atoms with Gasteiger partial charge in [-0.1, -0.05) is 0 Å². The van der Waals surface area contributed by atoms with E-state index >= 15 is 0 Å². The standard InChI is InChI=1S/C2H4O2.C2H6O/c1-2(3)4;1-3-2/h1H3,(H,3,4);1-2H3/p-1. The van der Waals surface area contributed by atoms with Crippen LogP contribution in [0.1, 0.15) is 6.92 Å². The van der Waals surface area contributed by atoms with Crippen molar-refractivity contribution in [3.8, 4) is 0 Å². The topological polar surface area (TPSA) is 49.4 Å². The van der Waals surface area contributed by atoms with Crippen LogP contribution in [0.15, 0.2) is 0 Å². The van der Waals surface area contributed by atoms with Crippen LogP contribution < -0.4 is 5.11 Å². The summed E-state index contributed by atoms with van der Waals surface area (Å²) in [5.41, 5.74) is 0. The average Bonchev–Trinajstić information content (AvgIpc) is 1.33. The van der Waals surface area contributed by atoms with Crippen LogP contribution in [0.2, 0.25) is 0 Å². The van der Waals surface area contributed by atoms with Gasteiger partial charge in [0.1, 0.15) is 0 Å². The Morgan fingerprint density at radius 3 is 1.57 bits per heavy atom. The van der Waals surface area contributed by atoms with Crippen LogP contribution in [0.5, 0.6) is 0 Å². The highest BCUT2D eigenvalue weighted by molar-refractivity contribution is 5.60. The molecular formula is C4H9O3-. The van der Waals surface area contributed by atoms with E-state index in [-0.39, 0.29) is 0 Å². The molecule has 7 heavy (non-hydrogen) atoms. The largest absolute Gasteiger partial charge is 0.550 e. The number of carbonyl (C=O) groups excluding carboxylic acids is 1. The molecule has 0 bridgehead atoms. The number of carboxylic acids is 1. The van der Waals surface area contributed by atoms with Crippen molar-refractivity contribution in [3.05, 3.63) is 0 Å². The Hall–Kier alpha value is -0.570. The summed E-state index contributed by atoms with van der Waals surface area (Å²) < 4.78 is 4.25. The second-order valence-electron chi connectivity index (χ2n) is 0.900. The molecule has 0 aliphatic rings. The molecule has 0 rings (SSSR count). The van der Waals surface area contributed by atoms with E-state index in [0.717, 1.165) is 6.92 Å². The van der Waals surface area contributed by atoms with Crippen LogP contribution in [-0.4, -0.2) is 20.2 Å². The zero-order chi connectivity index (χ0) is 6.28. The van der Waals surface area contributed by atoms with E-state index in [4.69, 9.17) is 9.90 Å². The fourth-order valence-corrected chi connectivity index (χ4v) is 0. The van der Waals surface area contributed by atoms with Crippen molar-refractivity contribution < 1.29 is 14.6 Å². The lowest BCUT2D eigenvalue weighted by molar-refractivity contribution is -0.302. The molecule has 0 aliphatic heterocycles. The molecule has 0 saturated heterocycles. The molecule has 0 aliphatic carbocycles. The lowest BCUT2D eigenvalue weighted by Crippen LogP contribution is -2.16. The van der Waals surface area contributed by atoms with Crippen molar-refractivity contribution in [1.29, 1.82) is 0 Å². The normalized spacial score (nSPS) is 6.14. The van der Waals surface area contributed by atoms with Gasteiger partial charge < -0.3 is 14.6 Å². The summed E-state index contributed by atoms with van der Waals surface area (Å²) in [5.74, 6) is -1.08. The molecule has 3 nitrogen and oxygen atoms in total. The Morgan fingerprint density at radius 1 is 1.57 bits per heavy atom. The summed E-state index contributed by atoms with van der Waals surface area (Å²) >= 11 is 0. The average molecular weight is 105 g/mol. The minimum Gasteiger partial charge on any atom is -0.550 e. The number of methoxy groups -OCH3 is 1. The van der Waals surface area contributed by atoms with Crippen LogP contribution in [0.4, 0.5) is 0 Å². The van der Waals surface area contributed by atoms with Crippen molar-refractivity contribution in [2.75, 3.05) is 14.2 Å². The molecule has 3 heteroatoms. The number of rotatable bonds is 0. The van der Waals surface area contributed by atoms with Gasteiger partial charge in [-0.15, -0.1) is 0 Å². The second kappa shape index (κ2) is 9.06. The van der Waals surface area contributed by atoms with Gasteiger partial charge in [0.25, 0.3) is 0 Å². The maximum atomic E-state index is 8.89. The molecule has 0 N–H and O–H groups in total. The van der Waals surface area contributed by atoms with Crippen LogP contribution in [0.3, 0.4) is 0 Å². The molecule has 0 spiro atoms. The van der Waals surface area contributed by atoms with Gasteiger partial charge in [-0.05, 0) is 6.92 Å². The summed E-state index contributed by atoms with van der Waals surface area (Å²) in [6.45, 7) is 0.972. The third kappa shape index (κ3) is 197. The van der Waals surface area contributed by atoms with Gasteiger partial charge in [0.15, 0.2) is 0 Å². The number of aliphatic carboxylic acids is 1. The fourth-order valence-electron chi connectivity index (χ4n) is 0. The molecular weight excluding hydrogens is 96.0 g/mol. The molecule has 44 valence electrons. The Balaban J connectivity index is 0. The third-order valence-electron chi connectivity index (χ3n) is 0. The van der Waals surface area contributed by atoms with Gasteiger partial charge >= 0.3 is 0 Å². The van der Waals surface area contributed by atoms with E-state index in [9.17, 15) is 0 Å². The van der Waals surface area contributed by atoms with Crippen LogP contribution in [0, 0.1) is 0 Å². The van der Waals surface area contributed by atoms with Gasteiger partial charge in [-0.3, -0.25) is 0 Å². The number of carbonyl (C=O) groups is 1. The van der Waals surface area contributed by atoms with Crippen molar-refractivity contribution in [2.45, 2.75) is 6.92 Å². The highest BCUT2D eigenvalue weighted by atomic mass is 16.4. The highest BCUT2D eigenvalue weighted by Gasteiger charge is 1.46. The molecule has 0 heterocycles. The Morgan fingerprint density at radius 2 is 1.57 bits per heavy atom. The molecule has 0 saturated carbocycles. The molecule has 0 atom stereocenters. The number of carboxylic acid groups (broad SMARTS) is 1. The lowest BCUT2D eigenvalue weighted by Gasteiger charge is -1.77. The van der Waals surface area contributed by atoms with E-state index < -0.39 is 5.97 Å². The number of hydrogen-bond donors (Lipinski definition) is 0. The minimum absolute atomic E-state index is 0.972. The smallest absolute Gasteiger partial charge is 0.0383 e. The van der Waals surface area contributed by atoms with Gasteiger partial charge in [0, 0.05) is 20.2 Å². The molecule has 0 fully saturated rings. The van der Waals surface area contributed by atoms with E-state index in [1.165, 1.54) is 0 Å². The summed E-state index contributed by atoms with van der Waals surface area (Å²) in [5, 5.41) is 8.89. The van der Waals surface area contributed by atoms with E-state index in [1.807, 2.05) is 0 Å². The monoisotopic (exact) mass is 105 g/mol. The van der Waals surface area contributed by atoms with Gasteiger partial charge in [0.2, 0.25) is 0 Å². The van der Waals surface area contributed by atoms with E-state index in [1.54, 1.807) is 14.2 Å². The first-order chi connectivity index (χ1) is 3.15. The van der Waals surface area contributed by atoms with Crippen molar-refractivity contribution >= 4 is 5.97 Å².